The Hall–Kier alpha value is -2.66. The van der Waals surface area contributed by atoms with E-state index in [-0.39, 0.29) is 17.4 Å². The Bertz CT molecular complexity index is 1190. The number of nitrogens with one attached hydrogen (secondary N) is 1. The maximum Gasteiger partial charge on any atom is 0.224 e. The molecule has 2 aromatic heterocycles. The summed E-state index contributed by atoms with van der Waals surface area (Å²) in [5.41, 5.74) is 5.55. The fourth-order valence-corrected chi connectivity index (χ4v) is 6.39. The van der Waals surface area contributed by atoms with Crippen molar-refractivity contribution in [2.45, 2.75) is 76.8 Å². The van der Waals surface area contributed by atoms with Crippen molar-refractivity contribution in [3.63, 3.8) is 0 Å². The molecule has 35 heavy (non-hydrogen) atoms. The monoisotopic (exact) mass is 472 g/mol. The van der Waals surface area contributed by atoms with E-state index in [9.17, 15) is 4.79 Å². The van der Waals surface area contributed by atoms with Crippen LogP contribution in [0.25, 0.3) is 10.9 Å². The molecular weight excluding hydrogens is 432 g/mol. The maximum atomic E-state index is 13.2. The number of carbonyl (C=O) groups is 1. The van der Waals surface area contributed by atoms with E-state index in [1.807, 2.05) is 18.5 Å². The highest BCUT2D eigenvalue weighted by atomic mass is 16.1. The second-order valence-corrected chi connectivity index (χ2v) is 11.8. The summed E-state index contributed by atoms with van der Waals surface area (Å²) in [6.45, 7) is 10.6. The van der Waals surface area contributed by atoms with Gasteiger partial charge in [0, 0.05) is 60.1 Å². The van der Waals surface area contributed by atoms with Crippen LogP contribution in [0, 0.1) is 5.92 Å². The molecule has 2 aliphatic rings. The topological polar surface area (TPSA) is 50.2 Å². The minimum absolute atomic E-state index is 0.0403. The third-order valence-electron chi connectivity index (χ3n) is 8.31. The van der Waals surface area contributed by atoms with Gasteiger partial charge in [0.2, 0.25) is 5.91 Å². The Morgan fingerprint density at radius 1 is 1.23 bits per heavy atom. The highest BCUT2D eigenvalue weighted by Crippen LogP contribution is 2.45. The molecule has 1 aliphatic heterocycles. The summed E-state index contributed by atoms with van der Waals surface area (Å²) in [7, 11) is 2.21. The molecule has 0 saturated carbocycles. The van der Waals surface area contributed by atoms with Crippen LogP contribution in [0.2, 0.25) is 0 Å². The fraction of sp³-hybridized carbons (Fsp3) is 0.533. The predicted octanol–water partition coefficient (Wildman–Crippen LogP) is 5.45. The van der Waals surface area contributed by atoms with Crippen molar-refractivity contribution in [1.82, 2.24) is 19.8 Å². The number of carbonyl (C=O) groups excluding carboxylic acids is 1. The highest BCUT2D eigenvalue weighted by molar-refractivity contribution is 5.89. The van der Waals surface area contributed by atoms with Crippen molar-refractivity contribution in [1.29, 1.82) is 0 Å². The standard InChI is InChI=1S/C30H40N4O/c1-20(21-10-8-13-31-17-21)9-7-14-32-29(35)23-15-25-24-11-6-12-26-28(24)22(16-27(25)33(5)18-23)19-34(26)30(2,3)4/h6,8,10-13,17,19-20,23,25,27H,7,9,14-16,18H2,1-5H3,(H,32,35)/t20?,23?,25-,27-/m1/s1. The van der Waals surface area contributed by atoms with E-state index in [1.165, 1.54) is 27.6 Å². The summed E-state index contributed by atoms with van der Waals surface area (Å²) in [5, 5.41) is 4.69. The third-order valence-corrected chi connectivity index (χ3v) is 8.31. The van der Waals surface area contributed by atoms with Gasteiger partial charge in [0.05, 0.1) is 5.92 Å². The lowest BCUT2D eigenvalue weighted by Gasteiger charge is -2.45. The summed E-state index contributed by atoms with van der Waals surface area (Å²) < 4.78 is 2.44. The molecule has 1 aromatic carbocycles. The molecular formula is C30H40N4O. The second-order valence-electron chi connectivity index (χ2n) is 11.8. The van der Waals surface area contributed by atoms with E-state index in [0.717, 1.165) is 38.8 Å². The molecule has 0 bridgehead atoms. The molecule has 2 unspecified atom stereocenters. The maximum absolute atomic E-state index is 13.2. The highest BCUT2D eigenvalue weighted by Gasteiger charge is 2.42. The van der Waals surface area contributed by atoms with Gasteiger partial charge in [-0.3, -0.25) is 9.78 Å². The number of hydrogen-bond donors (Lipinski definition) is 1. The van der Waals surface area contributed by atoms with Crippen LogP contribution in [0.15, 0.2) is 48.9 Å². The lowest BCUT2D eigenvalue weighted by atomic mass is 9.72. The number of likely N-dealkylation sites (N-methyl/N-ethyl adjacent to an activating group) is 1. The fourth-order valence-electron chi connectivity index (χ4n) is 6.39. The van der Waals surface area contributed by atoms with Crippen molar-refractivity contribution in [2.75, 3.05) is 20.1 Å². The minimum atomic E-state index is 0.0403. The Morgan fingerprint density at radius 3 is 2.80 bits per heavy atom. The average molecular weight is 473 g/mol. The van der Waals surface area contributed by atoms with Crippen LogP contribution in [0.3, 0.4) is 0 Å². The van der Waals surface area contributed by atoms with Gasteiger partial charge in [0.1, 0.15) is 0 Å². The number of piperidine rings is 1. The zero-order chi connectivity index (χ0) is 24.7. The molecule has 3 heterocycles. The van der Waals surface area contributed by atoms with Gasteiger partial charge in [-0.05, 0) is 88.2 Å². The zero-order valence-electron chi connectivity index (χ0n) is 21.9. The van der Waals surface area contributed by atoms with Crippen molar-refractivity contribution in [3.05, 3.63) is 65.6 Å². The average Bonchev–Trinajstić information content (AvgIpc) is 3.23. The van der Waals surface area contributed by atoms with Gasteiger partial charge < -0.3 is 14.8 Å². The predicted molar refractivity (Wildman–Crippen MR) is 143 cm³/mol. The summed E-state index contributed by atoms with van der Waals surface area (Å²) in [5.74, 6) is 1.12. The number of amides is 1. The number of benzene rings is 1. The summed E-state index contributed by atoms with van der Waals surface area (Å²) in [6.07, 6.45) is 10.2. The first kappa shape index (κ1) is 24.1. The van der Waals surface area contributed by atoms with Crippen LogP contribution in [-0.4, -0.2) is 46.5 Å². The van der Waals surface area contributed by atoms with E-state index in [1.54, 1.807) is 0 Å². The number of pyridine rings is 1. The Kier molecular flexibility index (Phi) is 6.47. The SMILES string of the molecule is CC(CCCNC(=O)C1C[C@@H]2c3cccc4c3c(cn4C(C)(C)C)C[C@H]2N(C)C1)c1cccnc1. The Balaban J connectivity index is 1.26. The van der Waals surface area contributed by atoms with Crippen LogP contribution < -0.4 is 5.32 Å². The first-order chi connectivity index (χ1) is 16.7. The van der Waals surface area contributed by atoms with E-state index < -0.39 is 0 Å². The smallest absolute Gasteiger partial charge is 0.224 e. The molecule has 0 spiro atoms. The summed E-state index contributed by atoms with van der Waals surface area (Å²) in [6, 6.07) is 11.4. The van der Waals surface area contributed by atoms with Gasteiger partial charge in [-0.15, -0.1) is 0 Å². The van der Waals surface area contributed by atoms with E-state index in [0.29, 0.717) is 17.9 Å². The molecule has 5 nitrogen and oxygen atoms in total. The molecule has 1 fully saturated rings. The Morgan fingerprint density at radius 2 is 2.06 bits per heavy atom. The molecule has 5 heteroatoms. The van der Waals surface area contributed by atoms with Crippen molar-refractivity contribution in [3.8, 4) is 0 Å². The first-order valence-corrected chi connectivity index (χ1v) is 13.2. The van der Waals surface area contributed by atoms with Crippen LogP contribution >= 0.6 is 0 Å². The van der Waals surface area contributed by atoms with Crippen molar-refractivity contribution in [2.24, 2.45) is 5.92 Å². The van der Waals surface area contributed by atoms with Crippen LogP contribution in [-0.2, 0) is 16.8 Å². The van der Waals surface area contributed by atoms with E-state index in [2.05, 4.69) is 85.0 Å². The quantitative estimate of drug-likeness (QED) is 0.485. The number of aromatic nitrogens is 2. The molecule has 1 saturated heterocycles. The number of fused-ring (bicyclic) bond motifs is 2. The summed E-state index contributed by atoms with van der Waals surface area (Å²) in [4.78, 5) is 19.9. The second kappa shape index (κ2) is 9.42. The molecule has 5 rings (SSSR count). The lowest BCUT2D eigenvalue weighted by Crippen LogP contribution is -2.51. The third kappa shape index (κ3) is 4.63. The first-order valence-electron chi connectivity index (χ1n) is 13.2. The number of likely N-dealkylation sites (tertiary alicyclic amines) is 1. The largest absolute Gasteiger partial charge is 0.356 e. The van der Waals surface area contributed by atoms with Gasteiger partial charge in [-0.2, -0.15) is 0 Å². The van der Waals surface area contributed by atoms with Gasteiger partial charge in [-0.1, -0.05) is 25.1 Å². The molecule has 186 valence electrons. The molecule has 4 atom stereocenters. The van der Waals surface area contributed by atoms with Crippen LogP contribution in [0.4, 0.5) is 0 Å². The van der Waals surface area contributed by atoms with Gasteiger partial charge >= 0.3 is 0 Å². The molecule has 3 aromatic rings. The van der Waals surface area contributed by atoms with Crippen LogP contribution in [0.1, 0.15) is 75.5 Å². The van der Waals surface area contributed by atoms with Crippen molar-refractivity contribution < 1.29 is 4.79 Å². The molecule has 1 amide bonds. The number of hydrogen-bond acceptors (Lipinski definition) is 3. The number of nitrogens with zero attached hydrogens (tertiary/aromatic N) is 3. The lowest BCUT2D eigenvalue weighted by molar-refractivity contribution is -0.127. The van der Waals surface area contributed by atoms with E-state index in [4.69, 9.17) is 0 Å². The van der Waals surface area contributed by atoms with Gasteiger partial charge in [0.15, 0.2) is 0 Å². The van der Waals surface area contributed by atoms with Crippen LogP contribution in [0.5, 0.6) is 0 Å². The molecule has 1 aliphatic carbocycles. The zero-order valence-corrected chi connectivity index (χ0v) is 21.9. The van der Waals surface area contributed by atoms with Gasteiger partial charge in [0.25, 0.3) is 0 Å². The summed E-state index contributed by atoms with van der Waals surface area (Å²) >= 11 is 0. The minimum Gasteiger partial charge on any atom is -0.356 e. The normalized spacial score (nSPS) is 23.2. The molecule has 1 N–H and O–H groups in total. The Labute approximate surface area is 209 Å². The van der Waals surface area contributed by atoms with Crippen molar-refractivity contribution >= 4 is 16.8 Å². The molecule has 0 radical (unpaired) electrons. The van der Waals surface area contributed by atoms with Gasteiger partial charge in [-0.25, -0.2) is 0 Å². The number of rotatable bonds is 6. The van der Waals surface area contributed by atoms with E-state index >= 15 is 0 Å².